The van der Waals surface area contributed by atoms with Crippen molar-refractivity contribution in [2.75, 3.05) is 6.61 Å². The maximum atomic E-state index is 13.5. The van der Waals surface area contributed by atoms with Crippen molar-refractivity contribution in [3.05, 3.63) is 90.5 Å². The Labute approximate surface area is 251 Å². The number of rotatable bonds is 18. The second-order valence-corrected chi connectivity index (χ2v) is 9.89. The highest BCUT2D eigenvalue weighted by Gasteiger charge is 2.32. The fourth-order valence-electron chi connectivity index (χ4n) is 3.97. The van der Waals surface area contributed by atoms with Crippen LogP contribution in [0.15, 0.2) is 79.4 Å². The third-order valence-electron chi connectivity index (χ3n) is 6.28. The first kappa shape index (κ1) is 34.4. The van der Waals surface area contributed by atoms with E-state index in [-0.39, 0.29) is 25.9 Å². The quantitative estimate of drug-likeness (QED) is 0.0755. The number of aliphatic hydroxyl groups excluding tert-OH is 1. The molecule has 0 aliphatic rings. The molecule has 4 atom stereocenters. The van der Waals surface area contributed by atoms with Crippen LogP contribution in [-0.2, 0) is 35.1 Å². The average Bonchev–Trinajstić information content (AvgIpc) is 2.99. The highest BCUT2D eigenvalue weighted by atomic mass is 16.5. The molecule has 43 heavy (non-hydrogen) atoms. The number of primary amides is 1. The molecule has 0 aliphatic carbocycles. The number of amides is 4. The second-order valence-electron chi connectivity index (χ2n) is 9.89. The van der Waals surface area contributed by atoms with Gasteiger partial charge < -0.3 is 31.5 Å². The summed E-state index contributed by atoms with van der Waals surface area (Å²) in [4.78, 5) is 63.5. The zero-order valence-corrected chi connectivity index (χ0v) is 24.2. The molecule has 6 N–H and O–H groups in total. The fourth-order valence-corrected chi connectivity index (χ4v) is 3.97. The zero-order valence-electron chi connectivity index (χ0n) is 24.2. The molecule has 0 unspecified atom stereocenters. The van der Waals surface area contributed by atoms with E-state index in [9.17, 15) is 29.1 Å². The average molecular weight is 593 g/mol. The number of esters is 1. The lowest BCUT2D eigenvalue weighted by molar-refractivity contribution is -0.148. The van der Waals surface area contributed by atoms with Gasteiger partial charge in [0.25, 0.3) is 0 Å². The fraction of sp³-hybridized carbons (Fsp3) is 0.344. The standard InChI is InChI=1S/C32H40N4O7/c1-3-4-11-20-43-32(42)25(17-18-27(33)38)34-30(40)26(21-24-14-9-6-10-15-24)35-31(41)29(22(2)37)36-28(39)19-16-23-12-7-5-8-13-23/h3,5-10,12-16,19,22,25-26,29,37H,1,4,11,17-18,20-21H2,2H3,(H2,33,38)(H,34,40)(H,35,41)(H,36,39)/b19-16+/t22-,25+,26+,29+/m1/s1. The van der Waals surface area contributed by atoms with Crippen molar-refractivity contribution in [2.45, 2.75) is 63.3 Å². The summed E-state index contributed by atoms with van der Waals surface area (Å²) in [5, 5.41) is 17.9. The molecule has 0 fully saturated rings. The Morgan fingerprint density at radius 2 is 1.56 bits per heavy atom. The first-order valence-electron chi connectivity index (χ1n) is 14.0. The lowest BCUT2D eigenvalue weighted by Gasteiger charge is -2.26. The lowest BCUT2D eigenvalue weighted by Crippen LogP contribution is -2.58. The Bertz CT molecular complexity index is 1250. The molecule has 11 nitrogen and oxygen atoms in total. The van der Waals surface area contributed by atoms with Gasteiger partial charge in [-0.15, -0.1) is 6.58 Å². The van der Waals surface area contributed by atoms with Gasteiger partial charge in [0.05, 0.1) is 12.7 Å². The van der Waals surface area contributed by atoms with Crippen LogP contribution < -0.4 is 21.7 Å². The van der Waals surface area contributed by atoms with Gasteiger partial charge >= 0.3 is 5.97 Å². The van der Waals surface area contributed by atoms with Gasteiger partial charge in [0.15, 0.2) is 0 Å². The number of nitrogens with one attached hydrogen (secondary N) is 3. The largest absolute Gasteiger partial charge is 0.464 e. The molecule has 2 rings (SSSR count). The Kier molecular flexibility index (Phi) is 14.9. The first-order valence-corrected chi connectivity index (χ1v) is 14.0. The minimum Gasteiger partial charge on any atom is -0.464 e. The predicted molar refractivity (Wildman–Crippen MR) is 162 cm³/mol. The highest BCUT2D eigenvalue weighted by molar-refractivity contribution is 5.97. The van der Waals surface area contributed by atoms with Crippen LogP contribution in [0.1, 0.15) is 43.7 Å². The smallest absolute Gasteiger partial charge is 0.328 e. The van der Waals surface area contributed by atoms with E-state index >= 15 is 0 Å². The molecular formula is C32H40N4O7. The molecule has 2 aromatic carbocycles. The number of allylic oxidation sites excluding steroid dienone is 1. The van der Waals surface area contributed by atoms with Crippen molar-refractivity contribution >= 4 is 35.7 Å². The van der Waals surface area contributed by atoms with Crippen molar-refractivity contribution < 1.29 is 33.8 Å². The van der Waals surface area contributed by atoms with Crippen molar-refractivity contribution in [1.29, 1.82) is 0 Å². The summed E-state index contributed by atoms with van der Waals surface area (Å²) >= 11 is 0. The van der Waals surface area contributed by atoms with E-state index in [0.29, 0.717) is 18.4 Å². The molecule has 0 bridgehead atoms. The molecule has 11 heteroatoms. The van der Waals surface area contributed by atoms with Gasteiger partial charge in [-0.05, 0) is 43.4 Å². The number of hydrogen-bond donors (Lipinski definition) is 5. The summed E-state index contributed by atoms with van der Waals surface area (Å²) in [5.41, 5.74) is 6.73. The van der Waals surface area contributed by atoms with Gasteiger partial charge in [0.1, 0.15) is 18.1 Å². The van der Waals surface area contributed by atoms with E-state index in [4.69, 9.17) is 10.5 Å². The number of carbonyl (C=O) groups excluding carboxylic acids is 5. The molecule has 0 saturated heterocycles. The normalized spacial score (nSPS) is 13.6. The summed E-state index contributed by atoms with van der Waals surface area (Å²) < 4.78 is 5.26. The lowest BCUT2D eigenvalue weighted by atomic mass is 10.0. The molecule has 0 spiro atoms. The number of hydrogen-bond acceptors (Lipinski definition) is 7. The van der Waals surface area contributed by atoms with Gasteiger partial charge in [-0.2, -0.15) is 0 Å². The van der Waals surface area contributed by atoms with Gasteiger partial charge in [-0.25, -0.2) is 4.79 Å². The van der Waals surface area contributed by atoms with Crippen molar-refractivity contribution in [3.8, 4) is 0 Å². The Hall–Kier alpha value is -4.77. The molecule has 4 amide bonds. The topological polar surface area (TPSA) is 177 Å². The maximum absolute atomic E-state index is 13.5. The van der Waals surface area contributed by atoms with Crippen LogP contribution in [-0.4, -0.2) is 65.5 Å². The summed E-state index contributed by atoms with van der Waals surface area (Å²) in [6.45, 7) is 5.04. The molecule has 0 saturated carbocycles. The predicted octanol–water partition coefficient (Wildman–Crippen LogP) is 1.55. The van der Waals surface area contributed by atoms with E-state index in [1.165, 1.54) is 13.0 Å². The Morgan fingerprint density at radius 1 is 0.930 bits per heavy atom. The van der Waals surface area contributed by atoms with Gasteiger partial charge in [0.2, 0.25) is 23.6 Å². The number of aliphatic hydroxyl groups is 1. The molecule has 0 radical (unpaired) electrons. The van der Waals surface area contributed by atoms with Gasteiger partial charge in [-0.1, -0.05) is 66.7 Å². The third kappa shape index (κ3) is 13.2. The number of ether oxygens (including phenoxy) is 1. The summed E-state index contributed by atoms with van der Waals surface area (Å²) in [6, 6.07) is 14.1. The minimum absolute atomic E-state index is 0.0315. The van der Waals surface area contributed by atoms with Crippen molar-refractivity contribution in [2.24, 2.45) is 5.73 Å². The number of benzene rings is 2. The summed E-state index contributed by atoms with van der Waals surface area (Å²) in [5.74, 6) is -3.57. The van der Waals surface area contributed by atoms with Crippen LogP contribution in [0.5, 0.6) is 0 Å². The van der Waals surface area contributed by atoms with Crippen LogP contribution in [0.3, 0.4) is 0 Å². The van der Waals surface area contributed by atoms with E-state index in [1.54, 1.807) is 54.6 Å². The monoisotopic (exact) mass is 592 g/mol. The van der Waals surface area contributed by atoms with Crippen molar-refractivity contribution in [3.63, 3.8) is 0 Å². The highest BCUT2D eigenvalue weighted by Crippen LogP contribution is 2.08. The second kappa shape index (κ2) is 18.6. The maximum Gasteiger partial charge on any atom is 0.328 e. The number of carbonyl (C=O) groups is 5. The van der Waals surface area contributed by atoms with E-state index in [1.807, 2.05) is 18.2 Å². The summed E-state index contributed by atoms with van der Waals surface area (Å²) in [6.07, 6.45) is 4.07. The molecule has 230 valence electrons. The van der Waals surface area contributed by atoms with Crippen LogP contribution >= 0.6 is 0 Å². The Morgan fingerprint density at radius 3 is 2.16 bits per heavy atom. The third-order valence-corrected chi connectivity index (χ3v) is 6.28. The first-order chi connectivity index (χ1) is 20.6. The van der Waals surface area contributed by atoms with Crippen LogP contribution in [0.4, 0.5) is 0 Å². The zero-order chi connectivity index (χ0) is 31.6. The van der Waals surface area contributed by atoms with E-state index in [0.717, 1.165) is 5.56 Å². The molecule has 0 aromatic heterocycles. The number of nitrogens with two attached hydrogens (primary N) is 1. The van der Waals surface area contributed by atoms with Crippen LogP contribution in [0.25, 0.3) is 6.08 Å². The molecule has 0 aliphatic heterocycles. The molecular weight excluding hydrogens is 552 g/mol. The Balaban J connectivity index is 2.20. The van der Waals surface area contributed by atoms with Gasteiger partial charge in [0, 0.05) is 18.9 Å². The van der Waals surface area contributed by atoms with Crippen LogP contribution in [0, 0.1) is 0 Å². The molecule has 2 aromatic rings. The van der Waals surface area contributed by atoms with Gasteiger partial charge in [-0.3, -0.25) is 19.2 Å². The minimum atomic E-state index is -1.39. The van der Waals surface area contributed by atoms with Crippen molar-refractivity contribution in [1.82, 2.24) is 16.0 Å². The molecule has 0 heterocycles. The van der Waals surface area contributed by atoms with E-state index in [2.05, 4.69) is 22.5 Å². The SMILES string of the molecule is C=CCCCOC(=O)[C@H](CCC(N)=O)NC(=O)[C@H](Cc1ccccc1)NC(=O)[C@@H](NC(=O)/C=C/c1ccccc1)[C@@H](C)O. The van der Waals surface area contributed by atoms with Crippen LogP contribution in [0.2, 0.25) is 0 Å². The number of unbranched alkanes of at least 4 members (excludes halogenated alkanes) is 1. The summed E-state index contributed by atoms with van der Waals surface area (Å²) in [7, 11) is 0. The van der Waals surface area contributed by atoms with E-state index < -0.39 is 53.8 Å².